The molecule has 0 aliphatic carbocycles. The van der Waals surface area contributed by atoms with E-state index in [1.54, 1.807) is 0 Å². The number of aryl methyl sites for hydroxylation is 1. The van der Waals surface area contributed by atoms with Crippen LogP contribution in [0.1, 0.15) is 27.0 Å². The Labute approximate surface area is 173 Å². The summed E-state index contributed by atoms with van der Waals surface area (Å²) in [5.41, 5.74) is 5.95. The van der Waals surface area contributed by atoms with Crippen LogP contribution in [0.25, 0.3) is 0 Å². The van der Waals surface area contributed by atoms with Gasteiger partial charge in [0.1, 0.15) is 0 Å². The van der Waals surface area contributed by atoms with Gasteiger partial charge in [-0.15, -0.1) is 0 Å². The number of benzene rings is 2. The van der Waals surface area contributed by atoms with Gasteiger partial charge < -0.3 is 14.5 Å². The molecule has 154 valence electrons. The smallest absolute Gasteiger partial charge is 0.253 e. The maximum absolute atomic E-state index is 13.1. The summed E-state index contributed by atoms with van der Waals surface area (Å²) in [7, 11) is 0. The molecule has 1 amide bonds. The van der Waals surface area contributed by atoms with E-state index in [9.17, 15) is 4.79 Å². The lowest BCUT2D eigenvalue weighted by Crippen LogP contribution is -2.49. The Morgan fingerprint density at radius 2 is 1.66 bits per heavy atom. The lowest BCUT2D eigenvalue weighted by molar-refractivity contribution is 0.0341. The summed E-state index contributed by atoms with van der Waals surface area (Å²) in [6.45, 7) is 12.0. The normalized spacial score (nSPS) is 18.1. The van der Waals surface area contributed by atoms with Gasteiger partial charge in [0.05, 0.1) is 13.2 Å². The van der Waals surface area contributed by atoms with Gasteiger partial charge in [-0.05, 0) is 48.7 Å². The topological polar surface area (TPSA) is 36.0 Å². The Kier molecular flexibility index (Phi) is 6.16. The standard InChI is InChI=1S/C24H31N3O2/c1-19-5-3-8-23(20(19)2)26-9-11-27(12-10-26)24(28)22-7-4-6-21(17-22)18-25-13-15-29-16-14-25/h3-8,17H,9-16,18H2,1-2H3. The van der Waals surface area contributed by atoms with Gasteiger partial charge in [-0.25, -0.2) is 0 Å². The number of ether oxygens (including phenoxy) is 1. The minimum absolute atomic E-state index is 0.148. The highest BCUT2D eigenvalue weighted by molar-refractivity contribution is 5.94. The van der Waals surface area contributed by atoms with Crippen LogP contribution in [0.5, 0.6) is 0 Å². The highest BCUT2D eigenvalue weighted by Gasteiger charge is 2.23. The average molecular weight is 394 g/mol. The third-order valence-electron chi connectivity index (χ3n) is 6.17. The van der Waals surface area contributed by atoms with Gasteiger partial charge >= 0.3 is 0 Å². The highest BCUT2D eigenvalue weighted by Crippen LogP contribution is 2.24. The molecule has 2 aliphatic heterocycles. The van der Waals surface area contributed by atoms with Crippen molar-refractivity contribution < 1.29 is 9.53 Å². The van der Waals surface area contributed by atoms with Crippen LogP contribution >= 0.6 is 0 Å². The van der Waals surface area contributed by atoms with E-state index >= 15 is 0 Å². The Morgan fingerprint density at radius 3 is 2.41 bits per heavy atom. The zero-order valence-corrected chi connectivity index (χ0v) is 17.6. The molecule has 5 nitrogen and oxygen atoms in total. The van der Waals surface area contributed by atoms with E-state index in [0.717, 1.165) is 64.6 Å². The first kappa shape index (κ1) is 19.9. The summed E-state index contributed by atoms with van der Waals surface area (Å²) in [6, 6.07) is 14.6. The number of piperazine rings is 1. The van der Waals surface area contributed by atoms with Crippen molar-refractivity contribution in [2.24, 2.45) is 0 Å². The zero-order valence-electron chi connectivity index (χ0n) is 17.6. The van der Waals surface area contributed by atoms with Gasteiger partial charge in [-0.1, -0.05) is 24.3 Å². The van der Waals surface area contributed by atoms with Crippen molar-refractivity contribution in [2.75, 3.05) is 57.4 Å². The summed E-state index contributed by atoms with van der Waals surface area (Å²) in [5, 5.41) is 0. The molecule has 2 aromatic rings. The largest absolute Gasteiger partial charge is 0.379 e. The van der Waals surface area contributed by atoms with Crippen LogP contribution in [0.15, 0.2) is 42.5 Å². The number of rotatable bonds is 4. The molecule has 0 radical (unpaired) electrons. The molecule has 29 heavy (non-hydrogen) atoms. The number of amides is 1. The van der Waals surface area contributed by atoms with Gasteiger partial charge in [0.15, 0.2) is 0 Å². The number of hydrogen-bond acceptors (Lipinski definition) is 4. The summed E-state index contributed by atoms with van der Waals surface area (Å²) in [5.74, 6) is 0.148. The van der Waals surface area contributed by atoms with Crippen molar-refractivity contribution >= 4 is 11.6 Å². The SMILES string of the molecule is Cc1cccc(N2CCN(C(=O)c3cccc(CN4CCOCC4)c3)CC2)c1C. The van der Waals surface area contributed by atoms with Crippen molar-refractivity contribution in [1.82, 2.24) is 9.80 Å². The van der Waals surface area contributed by atoms with Gasteiger partial charge in [-0.2, -0.15) is 0 Å². The van der Waals surface area contributed by atoms with Crippen molar-refractivity contribution in [3.05, 3.63) is 64.7 Å². The maximum atomic E-state index is 13.1. The summed E-state index contributed by atoms with van der Waals surface area (Å²) in [6.07, 6.45) is 0. The first-order chi connectivity index (χ1) is 14.1. The number of anilines is 1. The molecule has 0 bridgehead atoms. The summed E-state index contributed by atoms with van der Waals surface area (Å²) < 4.78 is 5.43. The van der Waals surface area contributed by atoms with Gasteiger partial charge in [0.2, 0.25) is 0 Å². The summed E-state index contributed by atoms with van der Waals surface area (Å²) in [4.78, 5) is 19.9. The number of morpholine rings is 1. The predicted molar refractivity (Wildman–Crippen MR) is 117 cm³/mol. The van der Waals surface area contributed by atoms with Crippen molar-refractivity contribution in [3.8, 4) is 0 Å². The third-order valence-corrected chi connectivity index (χ3v) is 6.17. The number of carbonyl (C=O) groups excluding carboxylic acids is 1. The molecule has 0 saturated carbocycles. The van der Waals surface area contributed by atoms with Crippen LogP contribution in [-0.2, 0) is 11.3 Å². The molecular formula is C24H31N3O2. The quantitative estimate of drug-likeness (QED) is 0.800. The summed E-state index contributed by atoms with van der Waals surface area (Å²) >= 11 is 0. The van der Waals surface area contributed by atoms with Crippen LogP contribution in [0.2, 0.25) is 0 Å². The van der Waals surface area contributed by atoms with Crippen molar-refractivity contribution in [3.63, 3.8) is 0 Å². The number of nitrogens with zero attached hydrogens (tertiary/aromatic N) is 3. The van der Waals surface area contributed by atoms with E-state index < -0.39 is 0 Å². The van der Waals surface area contributed by atoms with Gasteiger partial charge in [0.25, 0.3) is 5.91 Å². The van der Waals surface area contributed by atoms with E-state index in [0.29, 0.717) is 0 Å². The van der Waals surface area contributed by atoms with Gasteiger partial charge in [0, 0.05) is 57.1 Å². The molecule has 5 heteroatoms. The van der Waals surface area contributed by atoms with Crippen LogP contribution in [0, 0.1) is 13.8 Å². The molecule has 4 rings (SSSR count). The molecular weight excluding hydrogens is 362 g/mol. The van der Waals surface area contributed by atoms with Crippen molar-refractivity contribution in [2.45, 2.75) is 20.4 Å². The molecule has 2 fully saturated rings. The molecule has 2 aromatic carbocycles. The second-order valence-corrected chi connectivity index (χ2v) is 8.09. The van der Waals surface area contributed by atoms with Crippen LogP contribution in [0.3, 0.4) is 0 Å². The molecule has 2 aliphatic rings. The van der Waals surface area contributed by atoms with Crippen LogP contribution in [-0.4, -0.2) is 68.2 Å². The second kappa shape index (κ2) is 8.97. The molecule has 0 spiro atoms. The number of carbonyl (C=O) groups is 1. The Balaban J connectivity index is 1.38. The predicted octanol–water partition coefficient (Wildman–Crippen LogP) is 3.10. The monoisotopic (exact) mass is 393 g/mol. The molecule has 2 saturated heterocycles. The van der Waals surface area contributed by atoms with E-state index in [-0.39, 0.29) is 5.91 Å². The van der Waals surface area contributed by atoms with E-state index in [4.69, 9.17) is 4.74 Å². The lowest BCUT2D eigenvalue weighted by Gasteiger charge is -2.37. The van der Waals surface area contributed by atoms with E-state index in [2.05, 4.69) is 54.0 Å². The Bertz CT molecular complexity index is 853. The molecule has 0 N–H and O–H groups in total. The highest BCUT2D eigenvalue weighted by atomic mass is 16.5. The Hall–Kier alpha value is -2.37. The maximum Gasteiger partial charge on any atom is 0.253 e. The fourth-order valence-electron chi connectivity index (χ4n) is 4.23. The van der Waals surface area contributed by atoms with Crippen LogP contribution < -0.4 is 4.90 Å². The lowest BCUT2D eigenvalue weighted by atomic mass is 10.1. The van der Waals surface area contributed by atoms with Crippen LogP contribution in [0.4, 0.5) is 5.69 Å². The second-order valence-electron chi connectivity index (χ2n) is 8.09. The minimum Gasteiger partial charge on any atom is -0.379 e. The first-order valence-electron chi connectivity index (χ1n) is 10.6. The third kappa shape index (κ3) is 4.62. The first-order valence-corrected chi connectivity index (χ1v) is 10.6. The fourth-order valence-corrected chi connectivity index (χ4v) is 4.23. The molecule has 0 unspecified atom stereocenters. The number of hydrogen-bond donors (Lipinski definition) is 0. The molecule has 2 heterocycles. The molecule has 0 atom stereocenters. The Morgan fingerprint density at radius 1 is 0.931 bits per heavy atom. The van der Waals surface area contributed by atoms with E-state index in [1.165, 1.54) is 22.4 Å². The van der Waals surface area contributed by atoms with Crippen molar-refractivity contribution in [1.29, 1.82) is 0 Å². The van der Waals surface area contributed by atoms with E-state index in [1.807, 2.05) is 17.0 Å². The average Bonchev–Trinajstić information content (AvgIpc) is 2.76. The fraction of sp³-hybridized carbons (Fsp3) is 0.458. The molecule has 0 aromatic heterocycles. The van der Waals surface area contributed by atoms with Gasteiger partial charge in [-0.3, -0.25) is 9.69 Å². The minimum atomic E-state index is 0.148. The zero-order chi connectivity index (χ0) is 20.2.